The Morgan fingerprint density at radius 1 is 1.31 bits per heavy atom. The first-order chi connectivity index (χ1) is 15.2. The molecule has 1 amide bonds. The number of nitrogens with zero attached hydrogens (tertiary/aromatic N) is 4. The maximum absolute atomic E-state index is 13.4. The van der Waals surface area contributed by atoms with Crippen LogP contribution in [0.2, 0.25) is 0 Å². The molecule has 0 bridgehead atoms. The number of ether oxygens (including phenoxy) is 1. The van der Waals surface area contributed by atoms with E-state index in [0.717, 1.165) is 11.8 Å². The summed E-state index contributed by atoms with van der Waals surface area (Å²) in [6, 6.07) is 5.31. The summed E-state index contributed by atoms with van der Waals surface area (Å²) in [4.78, 5) is 45.5. The number of carbonyl (C=O) groups is 2. The van der Waals surface area contributed by atoms with Crippen LogP contribution in [0.15, 0.2) is 34.1 Å². The number of rotatable bonds is 5. The molecule has 0 saturated carbocycles. The molecule has 2 saturated heterocycles. The Balaban J connectivity index is 1.80. The molecule has 2 aliphatic heterocycles. The van der Waals surface area contributed by atoms with E-state index in [1.54, 1.807) is 18.3 Å². The Hall–Kier alpha value is -2.76. The number of hydrogen-bond donors (Lipinski definition) is 1. The number of carbonyl (C=O) groups excluding carboxylic acids is 1. The lowest BCUT2D eigenvalue weighted by molar-refractivity contribution is -0.137. The molecule has 0 aliphatic carbocycles. The van der Waals surface area contributed by atoms with Crippen molar-refractivity contribution < 1.29 is 19.4 Å². The summed E-state index contributed by atoms with van der Waals surface area (Å²) in [5.74, 6) is -0.940. The first-order valence-electron chi connectivity index (χ1n) is 10.1. The number of morpholine rings is 1. The van der Waals surface area contributed by atoms with Gasteiger partial charge in [0.2, 0.25) is 0 Å². The van der Waals surface area contributed by atoms with Gasteiger partial charge in [0.15, 0.2) is 0 Å². The average Bonchev–Trinajstić information content (AvgIpc) is 3.00. The molecule has 32 heavy (non-hydrogen) atoms. The Kier molecular flexibility index (Phi) is 6.31. The summed E-state index contributed by atoms with van der Waals surface area (Å²) in [5, 5.41) is 8.94. The van der Waals surface area contributed by atoms with Crippen LogP contribution >= 0.6 is 24.0 Å². The molecular formula is C21H22N4O5S2. The van der Waals surface area contributed by atoms with Gasteiger partial charge in [0.05, 0.1) is 29.1 Å². The largest absolute Gasteiger partial charge is 0.481 e. The maximum atomic E-state index is 13.4. The van der Waals surface area contributed by atoms with E-state index < -0.39 is 11.9 Å². The van der Waals surface area contributed by atoms with Crippen molar-refractivity contribution in [3.63, 3.8) is 0 Å². The lowest BCUT2D eigenvalue weighted by Gasteiger charge is -2.36. The van der Waals surface area contributed by atoms with Crippen LogP contribution in [0.25, 0.3) is 11.7 Å². The molecule has 2 aromatic rings. The molecule has 4 rings (SSSR count). The second kappa shape index (κ2) is 9.00. The summed E-state index contributed by atoms with van der Waals surface area (Å²) in [6.45, 7) is 5.02. The molecular weight excluding hydrogens is 452 g/mol. The number of hydrogen-bond acceptors (Lipinski definition) is 8. The van der Waals surface area contributed by atoms with E-state index in [0.29, 0.717) is 24.6 Å². The number of carboxylic acids is 1. The van der Waals surface area contributed by atoms with Crippen LogP contribution in [0.4, 0.5) is 5.82 Å². The van der Waals surface area contributed by atoms with E-state index in [4.69, 9.17) is 27.0 Å². The lowest BCUT2D eigenvalue weighted by atomic mass is 10.2. The minimum absolute atomic E-state index is 0.0162. The summed E-state index contributed by atoms with van der Waals surface area (Å²) >= 11 is 6.33. The van der Waals surface area contributed by atoms with E-state index in [2.05, 4.69) is 0 Å². The van der Waals surface area contributed by atoms with Gasteiger partial charge in [0, 0.05) is 25.8 Å². The predicted octanol–water partition coefficient (Wildman–Crippen LogP) is 1.98. The van der Waals surface area contributed by atoms with Gasteiger partial charge in [-0.15, -0.1) is 0 Å². The molecule has 4 heterocycles. The molecule has 2 unspecified atom stereocenters. The number of pyridine rings is 1. The van der Waals surface area contributed by atoms with Crippen LogP contribution < -0.4 is 10.5 Å². The van der Waals surface area contributed by atoms with Crippen molar-refractivity contribution in [1.29, 1.82) is 0 Å². The fourth-order valence-electron chi connectivity index (χ4n) is 3.84. The highest BCUT2D eigenvalue weighted by Crippen LogP contribution is 2.34. The first-order valence-corrected chi connectivity index (χ1v) is 11.4. The van der Waals surface area contributed by atoms with Crippen LogP contribution in [0, 0.1) is 0 Å². The molecule has 2 aromatic heterocycles. The first kappa shape index (κ1) is 22.4. The molecule has 9 nitrogen and oxygen atoms in total. The number of thioether (sulfide) groups is 1. The van der Waals surface area contributed by atoms with Crippen molar-refractivity contribution >= 4 is 57.7 Å². The predicted molar refractivity (Wildman–Crippen MR) is 126 cm³/mol. The average molecular weight is 475 g/mol. The van der Waals surface area contributed by atoms with Crippen LogP contribution in [-0.2, 0) is 14.3 Å². The van der Waals surface area contributed by atoms with Gasteiger partial charge in [-0.1, -0.05) is 30.0 Å². The molecule has 0 spiro atoms. The van der Waals surface area contributed by atoms with E-state index in [1.807, 2.05) is 24.8 Å². The number of fused-ring (bicyclic) bond motifs is 1. The van der Waals surface area contributed by atoms with Crippen LogP contribution in [-0.4, -0.2) is 67.4 Å². The van der Waals surface area contributed by atoms with Gasteiger partial charge in [0.1, 0.15) is 15.8 Å². The van der Waals surface area contributed by atoms with Crippen molar-refractivity contribution in [2.24, 2.45) is 0 Å². The van der Waals surface area contributed by atoms with Crippen molar-refractivity contribution in [1.82, 2.24) is 14.3 Å². The highest BCUT2D eigenvalue weighted by molar-refractivity contribution is 8.26. The second-order valence-corrected chi connectivity index (χ2v) is 9.40. The van der Waals surface area contributed by atoms with Gasteiger partial charge >= 0.3 is 5.97 Å². The molecule has 2 fully saturated rings. The zero-order chi connectivity index (χ0) is 23.0. The van der Waals surface area contributed by atoms with Crippen molar-refractivity contribution in [2.75, 3.05) is 24.5 Å². The van der Waals surface area contributed by atoms with Gasteiger partial charge in [-0.3, -0.25) is 23.7 Å². The quantitative estimate of drug-likeness (QED) is 0.514. The van der Waals surface area contributed by atoms with Gasteiger partial charge in [-0.05, 0) is 32.1 Å². The number of anilines is 1. The second-order valence-electron chi connectivity index (χ2n) is 7.72. The minimum atomic E-state index is -1.02. The van der Waals surface area contributed by atoms with Gasteiger partial charge in [-0.25, -0.2) is 4.98 Å². The van der Waals surface area contributed by atoms with Crippen molar-refractivity contribution in [3.8, 4) is 0 Å². The fourth-order valence-corrected chi connectivity index (χ4v) is 5.13. The van der Waals surface area contributed by atoms with E-state index >= 15 is 0 Å². The number of carboxylic acid groups (broad SMARTS) is 1. The Bertz CT molecular complexity index is 1180. The van der Waals surface area contributed by atoms with Gasteiger partial charge in [-0.2, -0.15) is 0 Å². The Morgan fingerprint density at radius 2 is 2.03 bits per heavy atom. The van der Waals surface area contributed by atoms with Gasteiger partial charge in [0.25, 0.3) is 11.5 Å². The molecule has 11 heteroatoms. The highest BCUT2D eigenvalue weighted by atomic mass is 32.2. The summed E-state index contributed by atoms with van der Waals surface area (Å²) in [6.07, 6.45) is 2.85. The standard InChI is InChI=1S/C21H22N4O5S2/c1-12-10-23(11-13(2)30-12)18-14(19(28)24-7-4-3-5-16(24)22-18)9-15-20(29)25(21(31)32-15)8-6-17(26)27/h3-5,7,9,12-13H,6,8,10-11H2,1-2H3,(H,26,27)/b15-9+. The normalized spacial score (nSPS) is 22.9. The zero-order valence-corrected chi connectivity index (χ0v) is 19.2. The number of aliphatic carboxylic acids is 1. The zero-order valence-electron chi connectivity index (χ0n) is 17.6. The van der Waals surface area contributed by atoms with E-state index in [9.17, 15) is 14.4 Å². The van der Waals surface area contributed by atoms with Crippen LogP contribution in [0.5, 0.6) is 0 Å². The third kappa shape index (κ3) is 4.41. The monoisotopic (exact) mass is 474 g/mol. The Labute approximate surface area is 193 Å². The van der Waals surface area contributed by atoms with Crippen LogP contribution in [0.3, 0.4) is 0 Å². The number of amides is 1. The van der Waals surface area contributed by atoms with Crippen LogP contribution in [0.1, 0.15) is 25.8 Å². The van der Waals surface area contributed by atoms with E-state index in [1.165, 1.54) is 15.4 Å². The lowest BCUT2D eigenvalue weighted by Crippen LogP contribution is -2.46. The molecule has 0 aromatic carbocycles. The van der Waals surface area contributed by atoms with Crippen molar-refractivity contribution in [2.45, 2.75) is 32.5 Å². The smallest absolute Gasteiger partial charge is 0.305 e. The fraction of sp³-hybridized carbons (Fsp3) is 0.381. The third-order valence-electron chi connectivity index (χ3n) is 5.17. The molecule has 168 valence electrons. The van der Waals surface area contributed by atoms with Gasteiger partial charge < -0.3 is 14.7 Å². The summed E-state index contributed by atoms with van der Waals surface area (Å²) in [5.41, 5.74) is 0.493. The Morgan fingerprint density at radius 3 is 2.72 bits per heavy atom. The SMILES string of the molecule is CC1CN(c2nc3ccccn3c(=O)c2/C=C2/SC(=S)N(CCC(=O)O)C2=O)CC(C)O1. The summed E-state index contributed by atoms with van der Waals surface area (Å²) < 4.78 is 7.53. The highest BCUT2D eigenvalue weighted by Gasteiger charge is 2.33. The third-order valence-corrected chi connectivity index (χ3v) is 6.54. The minimum Gasteiger partial charge on any atom is -0.481 e. The number of thiocarbonyl (C=S) groups is 1. The molecule has 2 atom stereocenters. The maximum Gasteiger partial charge on any atom is 0.305 e. The number of aromatic nitrogens is 2. The van der Waals surface area contributed by atoms with Crippen molar-refractivity contribution in [3.05, 3.63) is 45.2 Å². The van der Waals surface area contributed by atoms with E-state index in [-0.39, 0.29) is 45.5 Å². The topological polar surface area (TPSA) is 104 Å². The summed E-state index contributed by atoms with van der Waals surface area (Å²) in [7, 11) is 0. The molecule has 1 N–H and O–H groups in total. The molecule has 2 aliphatic rings. The molecule has 0 radical (unpaired) electrons.